The van der Waals surface area contributed by atoms with Crippen LogP contribution in [0.5, 0.6) is 11.5 Å². The third-order valence-electron chi connectivity index (χ3n) is 2.87. The summed E-state index contributed by atoms with van der Waals surface area (Å²) in [5.41, 5.74) is 0.539. The van der Waals surface area contributed by atoms with Crippen molar-refractivity contribution in [3.63, 3.8) is 0 Å². The van der Waals surface area contributed by atoms with E-state index in [1.54, 1.807) is 32.0 Å². The lowest BCUT2D eigenvalue weighted by Gasteiger charge is -2.20. The average molecular weight is 314 g/mol. The van der Waals surface area contributed by atoms with Crippen LogP contribution in [-0.4, -0.2) is 30.7 Å². The van der Waals surface area contributed by atoms with Gasteiger partial charge in [-0.3, -0.25) is 9.59 Å². The van der Waals surface area contributed by atoms with Crippen LogP contribution in [0, 0.1) is 5.92 Å². The summed E-state index contributed by atoms with van der Waals surface area (Å²) in [7, 11) is 0. The Balaban J connectivity index is 2.06. The van der Waals surface area contributed by atoms with Gasteiger partial charge in [0.2, 0.25) is 6.79 Å². The minimum atomic E-state index is -0.901. The molecule has 1 N–H and O–H groups in total. The number of hydrogen-bond acceptors (Lipinski definition) is 5. The molecule has 1 aromatic rings. The molecule has 0 aromatic heterocycles. The number of benzene rings is 1. The van der Waals surface area contributed by atoms with Crippen LogP contribution >= 0.6 is 11.6 Å². The zero-order valence-corrected chi connectivity index (χ0v) is 12.5. The van der Waals surface area contributed by atoms with Crippen molar-refractivity contribution in [2.24, 2.45) is 5.92 Å². The number of hydrogen-bond donors (Lipinski definition) is 1. The Kier molecular flexibility index (Phi) is 4.90. The lowest BCUT2D eigenvalue weighted by molar-refractivity contribution is -0.154. The second-order valence-electron chi connectivity index (χ2n) is 4.85. The van der Waals surface area contributed by atoms with E-state index < -0.39 is 18.0 Å². The van der Waals surface area contributed by atoms with Gasteiger partial charge in [-0.25, -0.2) is 0 Å². The standard InChI is InChI=1S/C14H16ClNO5/c1-8(2)13(21-12(17)6-15)14(18)16-9-3-4-10-11(5-9)20-7-19-10/h3-5,8,13H,6-7H2,1-2H3,(H,16,18)/t13-/m0/s1. The summed E-state index contributed by atoms with van der Waals surface area (Å²) in [6, 6.07) is 5.04. The Morgan fingerprint density at radius 3 is 2.71 bits per heavy atom. The quantitative estimate of drug-likeness (QED) is 0.666. The normalized spacial score (nSPS) is 13.9. The highest BCUT2D eigenvalue weighted by atomic mass is 35.5. The molecule has 7 heteroatoms. The lowest BCUT2D eigenvalue weighted by Crippen LogP contribution is -2.36. The SMILES string of the molecule is CC(C)[C@H](OC(=O)CCl)C(=O)Nc1ccc2c(c1)OCO2. The zero-order valence-electron chi connectivity index (χ0n) is 11.7. The Labute approximate surface area is 127 Å². The van der Waals surface area contributed by atoms with Gasteiger partial charge >= 0.3 is 5.97 Å². The monoisotopic (exact) mass is 313 g/mol. The molecule has 0 saturated carbocycles. The minimum absolute atomic E-state index is 0.161. The van der Waals surface area contributed by atoms with Gasteiger partial charge in [0.25, 0.3) is 5.91 Å². The Hall–Kier alpha value is -1.95. The van der Waals surface area contributed by atoms with Crippen LogP contribution in [-0.2, 0) is 14.3 Å². The van der Waals surface area contributed by atoms with Gasteiger partial charge in [-0.1, -0.05) is 13.8 Å². The molecule has 0 unspecified atom stereocenters. The van der Waals surface area contributed by atoms with Crippen molar-refractivity contribution in [3.8, 4) is 11.5 Å². The molecule has 0 radical (unpaired) electrons. The van der Waals surface area contributed by atoms with E-state index in [1.807, 2.05) is 0 Å². The fraction of sp³-hybridized carbons (Fsp3) is 0.429. The number of nitrogens with one attached hydrogen (secondary N) is 1. The fourth-order valence-electron chi connectivity index (χ4n) is 1.85. The molecule has 1 amide bonds. The van der Waals surface area contributed by atoms with Crippen LogP contribution in [0.4, 0.5) is 5.69 Å². The first kappa shape index (κ1) is 15.4. The van der Waals surface area contributed by atoms with Crippen LogP contribution < -0.4 is 14.8 Å². The number of halogens is 1. The van der Waals surface area contributed by atoms with Gasteiger partial charge in [0.15, 0.2) is 17.6 Å². The third kappa shape index (κ3) is 3.78. The Morgan fingerprint density at radius 2 is 2.05 bits per heavy atom. The van der Waals surface area contributed by atoms with Crippen LogP contribution in [0.25, 0.3) is 0 Å². The third-order valence-corrected chi connectivity index (χ3v) is 3.09. The maximum absolute atomic E-state index is 12.2. The van der Waals surface area contributed by atoms with E-state index >= 15 is 0 Å². The van der Waals surface area contributed by atoms with E-state index in [4.69, 9.17) is 25.8 Å². The number of amides is 1. The van der Waals surface area contributed by atoms with E-state index in [0.29, 0.717) is 17.2 Å². The van der Waals surface area contributed by atoms with Gasteiger partial charge in [0.1, 0.15) is 5.88 Å². The van der Waals surface area contributed by atoms with Crippen LogP contribution in [0.15, 0.2) is 18.2 Å². The summed E-state index contributed by atoms with van der Waals surface area (Å²) in [6.45, 7) is 3.73. The molecule has 21 heavy (non-hydrogen) atoms. The lowest BCUT2D eigenvalue weighted by atomic mass is 10.1. The fourth-order valence-corrected chi connectivity index (χ4v) is 1.92. The van der Waals surface area contributed by atoms with Crippen LogP contribution in [0.2, 0.25) is 0 Å². The van der Waals surface area contributed by atoms with E-state index in [9.17, 15) is 9.59 Å². The number of fused-ring (bicyclic) bond motifs is 1. The number of carbonyl (C=O) groups is 2. The Bertz CT molecular complexity index is 546. The van der Waals surface area contributed by atoms with E-state index in [-0.39, 0.29) is 18.6 Å². The van der Waals surface area contributed by atoms with Crippen molar-refractivity contribution in [2.75, 3.05) is 18.0 Å². The Morgan fingerprint density at radius 1 is 1.33 bits per heavy atom. The highest BCUT2D eigenvalue weighted by molar-refractivity contribution is 6.26. The summed E-state index contributed by atoms with van der Waals surface area (Å²) >= 11 is 5.39. The van der Waals surface area contributed by atoms with Gasteiger partial charge in [-0.05, 0) is 18.1 Å². The number of alkyl halides is 1. The van der Waals surface area contributed by atoms with Gasteiger partial charge in [0.05, 0.1) is 0 Å². The van der Waals surface area contributed by atoms with Crippen LogP contribution in [0.3, 0.4) is 0 Å². The first-order valence-corrected chi connectivity index (χ1v) is 7.00. The highest BCUT2D eigenvalue weighted by Gasteiger charge is 2.26. The first-order valence-electron chi connectivity index (χ1n) is 6.47. The van der Waals surface area contributed by atoms with E-state index in [0.717, 1.165) is 0 Å². The first-order chi connectivity index (χ1) is 10.0. The molecule has 0 fully saturated rings. The van der Waals surface area contributed by atoms with Crippen molar-refractivity contribution in [1.82, 2.24) is 0 Å². The van der Waals surface area contributed by atoms with Gasteiger partial charge in [-0.2, -0.15) is 0 Å². The van der Waals surface area contributed by atoms with Crippen molar-refractivity contribution in [3.05, 3.63) is 18.2 Å². The second-order valence-corrected chi connectivity index (χ2v) is 5.11. The average Bonchev–Trinajstić information content (AvgIpc) is 2.91. The molecule has 0 bridgehead atoms. The number of esters is 1. The molecular weight excluding hydrogens is 298 g/mol. The number of anilines is 1. The van der Waals surface area contributed by atoms with E-state index in [2.05, 4.69) is 5.32 Å². The predicted molar refractivity (Wildman–Crippen MR) is 76.6 cm³/mol. The van der Waals surface area contributed by atoms with Crippen molar-refractivity contribution < 1.29 is 23.8 Å². The minimum Gasteiger partial charge on any atom is -0.454 e. The number of ether oxygens (including phenoxy) is 3. The highest BCUT2D eigenvalue weighted by Crippen LogP contribution is 2.34. The number of carbonyl (C=O) groups excluding carboxylic acids is 2. The summed E-state index contributed by atoms with van der Waals surface area (Å²) in [4.78, 5) is 23.5. The maximum atomic E-state index is 12.2. The van der Waals surface area contributed by atoms with Crippen molar-refractivity contribution >= 4 is 29.2 Å². The summed E-state index contributed by atoms with van der Waals surface area (Å²) < 4.78 is 15.5. The van der Waals surface area contributed by atoms with Crippen molar-refractivity contribution in [2.45, 2.75) is 20.0 Å². The van der Waals surface area contributed by atoms with Gasteiger partial charge in [0, 0.05) is 11.8 Å². The van der Waals surface area contributed by atoms with E-state index in [1.165, 1.54) is 0 Å². The molecule has 114 valence electrons. The molecule has 0 saturated heterocycles. The van der Waals surface area contributed by atoms with Gasteiger partial charge < -0.3 is 19.5 Å². The van der Waals surface area contributed by atoms with Gasteiger partial charge in [-0.15, -0.1) is 11.6 Å². The predicted octanol–water partition coefficient (Wildman–Crippen LogP) is 2.16. The largest absolute Gasteiger partial charge is 0.454 e. The molecule has 1 aliphatic rings. The molecule has 0 aliphatic carbocycles. The zero-order chi connectivity index (χ0) is 15.4. The summed E-state index contributed by atoms with van der Waals surface area (Å²) in [5, 5.41) is 2.69. The van der Waals surface area contributed by atoms with Crippen LogP contribution in [0.1, 0.15) is 13.8 Å². The summed E-state index contributed by atoms with van der Waals surface area (Å²) in [6.07, 6.45) is -0.901. The molecule has 1 aliphatic heterocycles. The molecule has 6 nitrogen and oxygen atoms in total. The summed E-state index contributed by atoms with van der Waals surface area (Å²) in [5.74, 6) is -0.320. The molecule has 0 spiro atoms. The number of rotatable bonds is 5. The molecule has 1 atom stereocenters. The molecule has 1 heterocycles. The smallest absolute Gasteiger partial charge is 0.321 e. The molecule has 2 rings (SSSR count). The topological polar surface area (TPSA) is 73.9 Å². The van der Waals surface area contributed by atoms with Crippen molar-refractivity contribution in [1.29, 1.82) is 0 Å². The molecular formula is C14H16ClNO5. The maximum Gasteiger partial charge on any atom is 0.321 e. The second kappa shape index (κ2) is 6.67. The molecule has 1 aromatic carbocycles.